The van der Waals surface area contributed by atoms with Gasteiger partial charge in [0.15, 0.2) is 0 Å². The number of carbonyl (C=O) groups excluding carboxylic acids is 2. The van der Waals surface area contributed by atoms with Crippen molar-refractivity contribution < 1.29 is 9.59 Å². The predicted molar refractivity (Wildman–Crippen MR) is 146 cm³/mol. The molecule has 0 aromatic rings. The largest absolute Gasteiger partial charge is 0.273 e. The van der Waals surface area contributed by atoms with Crippen LogP contribution in [0, 0.1) is 22.7 Å². The predicted octanol–water partition coefficient (Wildman–Crippen LogP) is 7.13. The van der Waals surface area contributed by atoms with Crippen LogP contribution in [-0.2, 0) is 9.59 Å². The molecule has 0 aromatic heterocycles. The van der Waals surface area contributed by atoms with Crippen molar-refractivity contribution in [2.45, 2.75) is 138 Å². The summed E-state index contributed by atoms with van der Waals surface area (Å²) in [7, 11) is 0. The lowest BCUT2D eigenvalue weighted by Crippen LogP contribution is -2.29. The molecule has 35 heavy (non-hydrogen) atoms. The van der Waals surface area contributed by atoms with E-state index in [4.69, 9.17) is 0 Å². The lowest BCUT2D eigenvalue weighted by Gasteiger charge is -2.36. The summed E-state index contributed by atoms with van der Waals surface area (Å²) in [6.45, 7) is 14.0. The molecule has 0 heterocycles. The molecule has 6 heteroatoms. The summed E-state index contributed by atoms with van der Waals surface area (Å²) in [6, 6.07) is 0. The zero-order valence-electron chi connectivity index (χ0n) is 23.5. The number of hydrogen-bond donors (Lipinski definition) is 2. The smallest absolute Gasteiger partial charge is 0.240 e. The van der Waals surface area contributed by atoms with Gasteiger partial charge in [0.1, 0.15) is 0 Å². The molecular formula is C29H52N4O2. The van der Waals surface area contributed by atoms with Crippen molar-refractivity contribution in [2.75, 3.05) is 0 Å². The van der Waals surface area contributed by atoms with Crippen LogP contribution in [0.1, 0.15) is 138 Å². The summed E-state index contributed by atoms with van der Waals surface area (Å²) in [5.74, 6) is 1.45. The Balaban J connectivity index is 1.53. The Morgan fingerprint density at radius 1 is 0.686 bits per heavy atom. The number of amides is 2. The monoisotopic (exact) mass is 488 g/mol. The molecule has 0 saturated heterocycles. The van der Waals surface area contributed by atoms with Crippen LogP contribution < -0.4 is 10.9 Å². The minimum Gasteiger partial charge on any atom is -0.273 e. The zero-order chi connectivity index (χ0) is 25.9. The van der Waals surface area contributed by atoms with E-state index in [0.717, 1.165) is 68.2 Å². The maximum Gasteiger partial charge on any atom is 0.240 e. The Bertz CT molecular complexity index is 672. The van der Waals surface area contributed by atoms with E-state index in [0.29, 0.717) is 23.7 Å². The van der Waals surface area contributed by atoms with Gasteiger partial charge in [-0.05, 0) is 86.9 Å². The molecule has 0 bridgehead atoms. The fraction of sp³-hybridized carbons (Fsp3) is 0.862. The highest BCUT2D eigenvalue weighted by Gasteiger charge is 2.31. The van der Waals surface area contributed by atoms with E-state index in [-0.39, 0.29) is 11.8 Å². The Morgan fingerprint density at radius 2 is 1.03 bits per heavy atom. The second-order valence-electron chi connectivity index (χ2n) is 12.2. The lowest BCUT2D eigenvalue weighted by atomic mass is 9.69. The van der Waals surface area contributed by atoms with Gasteiger partial charge >= 0.3 is 0 Å². The molecule has 2 rings (SSSR count). The Morgan fingerprint density at radius 3 is 1.34 bits per heavy atom. The van der Waals surface area contributed by atoms with Crippen molar-refractivity contribution in [1.29, 1.82) is 0 Å². The third-order valence-corrected chi connectivity index (χ3v) is 9.14. The fourth-order valence-corrected chi connectivity index (χ4v) is 5.41. The average Bonchev–Trinajstić information content (AvgIpc) is 2.86. The topological polar surface area (TPSA) is 82.9 Å². The molecule has 2 amide bonds. The normalized spacial score (nSPS) is 21.4. The molecular weight excluding hydrogens is 436 g/mol. The highest BCUT2D eigenvalue weighted by molar-refractivity contribution is 5.87. The second-order valence-corrected chi connectivity index (χ2v) is 12.2. The standard InChI is InChI=1S/C29H52N4O2/c1-7-28(3,4)22-14-18-24(19-15-22)30-32-26(34)12-10-9-11-13-27(35)33-31-25-20-16-23(17-21-25)29(5,6)8-2/h22-23H,7-21H2,1-6H3,(H,32,34)(H,33,35). The molecule has 0 aromatic carbocycles. The van der Waals surface area contributed by atoms with Crippen molar-refractivity contribution in [2.24, 2.45) is 32.9 Å². The van der Waals surface area contributed by atoms with E-state index in [1.165, 1.54) is 38.5 Å². The summed E-state index contributed by atoms with van der Waals surface area (Å²) < 4.78 is 0. The summed E-state index contributed by atoms with van der Waals surface area (Å²) >= 11 is 0. The molecule has 6 nitrogen and oxygen atoms in total. The van der Waals surface area contributed by atoms with Crippen LogP contribution in [0.4, 0.5) is 0 Å². The second kappa shape index (κ2) is 14.1. The zero-order valence-corrected chi connectivity index (χ0v) is 23.5. The number of nitrogens with one attached hydrogen (secondary N) is 2. The van der Waals surface area contributed by atoms with Crippen molar-refractivity contribution >= 4 is 23.2 Å². The number of hydrazone groups is 2. The first kappa shape index (κ1) is 29.5. The van der Waals surface area contributed by atoms with E-state index in [9.17, 15) is 9.59 Å². The molecule has 2 aliphatic rings. The molecule has 0 spiro atoms. The first-order chi connectivity index (χ1) is 16.6. The maximum absolute atomic E-state index is 12.1. The van der Waals surface area contributed by atoms with Gasteiger partial charge in [0, 0.05) is 24.3 Å². The maximum atomic E-state index is 12.1. The molecule has 2 saturated carbocycles. The van der Waals surface area contributed by atoms with Gasteiger partial charge in [-0.2, -0.15) is 10.2 Å². The van der Waals surface area contributed by atoms with E-state index < -0.39 is 0 Å². The highest BCUT2D eigenvalue weighted by atomic mass is 16.2. The summed E-state index contributed by atoms with van der Waals surface area (Å²) in [5, 5.41) is 8.76. The first-order valence-corrected chi connectivity index (χ1v) is 14.3. The van der Waals surface area contributed by atoms with Gasteiger partial charge in [-0.3, -0.25) is 9.59 Å². The number of hydrogen-bond acceptors (Lipinski definition) is 4. The third-order valence-electron chi connectivity index (χ3n) is 9.14. The molecule has 0 radical (unpaired) electrons. The Hall–Kier alpha value is -1.72. The molecule has 0 unspecified atom stereocenters. The third kappa shape index (κ3) is 10.0. The first-order valence-electron chi connectivity index (χ1n) is 14.3. The van der Waals surface area contributed by atoms with Crippen molar-refractivity contribution in [3.05, 3.63) is 0 Å². The van der Waals surface area contributed by atoms with Gasteiger partial charge in [0.25, 0.3) is 0 Å². The Labute approximate surface area is 214 Å². The number of carbonyl (C=O) groups is 2. The molecule has 2 fully saturated rings. The molecule has 200 valence electrons. The van der Waals surface area contributed by atoms with Gasteiger partial charge in [-0.25, -0.2) is 10.9 Å². The van der Waals surface area contributed by atoms with E-state index >= 15 is 0 Å². The molecule has 0 aliphatic heterocycles. The van der Waals surface area contributed by atoms with E-state index in [1.54, 1.807) is 0 Å². The van der Waals surface area contributed by atoms with Crippen LogP contribution in [0.5, 0.6) is 0 Å². The minimum absolute atomic E-state index is 0.0220. The minimum atomic E-state index is -0.0220. The Kier molecular flexibility index (Phi) is 11.9. The molecule has 2 aliphatic carbocycles. The molecule has 2 N–H and O–H groups in total. The van der Waals surface area contributed by atoms with Gasteiger partial charge in [0.2, 0.25) is 11.8 Å². The quantitative estimate of drug-likeness (QED) is 0.226. The number of nitrogens with zero attached hydrogens (tertiary/aromatic N) is 2. The van der Waals surface area contributed by atoms with Crippen molar-refractivity contribution in [1.82, 2.24) is 10.9 Å². The van der Waals surface area contributed by atoms with Crippen LogP contribution in [0.3, 0.4) is 0 Å². The van der Waals surface area contributed by atoms with Crippen LogP contribution in [-0.4, -0.2) is 23.2 Å². The number of rotatable bonds is 12. The van der Waals surface area contributed by atoms with Gasteiger partial charge in [0.05, 0.1) is 0 Å². The fourth-order valence-electron chi connectivity index (χ4n) is 5.41. The summed E-state index contributed by atoms with van der Waals surface area (Å²) in [5.41, 5.74) is 8.53. The van der Waals surface area contributed by atoms with E-state index in [1.807, 2.05) is 0 Å². The highest BCUT2D eigenvalue weighted by Crippen LogP contribution is 2.40. The van der Waals surface area contributed by atoms with Crippen LogP contribution in [0.15, 0.2) is 10.2 Å². The lowest BCUT2D eigenvalue weighted by molar-refractivity contribution is -0.121. The average molecular weight is 489 g/mol. The summed E-state index contributed by atoms with van der Waals surface area (Å²) in [6.07, 6.45) is 14.4. The van der Waals surface area contributed by atoms with Crippen LogP contribution >= 0.6 is 0 Å². The van der Waals surface area contributed by atoms with Gasteiger partial charge in [-0.1, -0.05) is 60.8 Å². The van der Waals surface area contributed by atoms with Gasteiger partial charge in [-0.15, -0.1) is 0 Å². The van der Waals surface area contributed by atoms with Gasteiger partial charge < -0.3 is 0 Å². The van der Waals surface area contributed by atoms with Crippen molar-refractivity contribution in [3.63, 3.8) is 0 Å². The van der Waals surface area contributed by atoms with Crippen LogP contribution in [0.2, 0.25) is 0 Å². The summed E-state index contributed by atoms with van der Waals surface area (Å²) in [4.78, 5) is 24.2. The SMILES string of the molecule is CCC(C)(C)C1CCC(=NNC(=O)CCCCCC(=O)NN=C2CCC(C(C)(C)CC)CC2)CC1. The van der Waals surface area contributed by atoms with E-state index in [2.05, 4.69) is 62.6 Å². The molecule has 0 atom stereocenters. The number of unbranched alkanes of at least 4 members (excludes halogenated alkanes) is 2. The van der Waals surface area contributed by atoms with Crippen molar-refractivity contribution in [3.8, 4) is 0 Å². The van der Waals surface area contributed by atoms with Crippen LogP contribution in [0.25, 0.3) is 0 Å².